The van der Waals surface area contributed by atoms with Gasteiger partial charge in [-0.3, -0.25) is 9.59 Å². The minimum absolute atomic E-state index is 0.399. The van der Waals surface area contributed by atoms with Gasteiger partial charge in [-0.2, -0.15) is 0 Å². The van der Waals surface area contributed by atoms with E-state index in [4.69, 9.17) is 0 Å². The van der Waals surface area contributed by atoms with Crippen molar-refractivity contribution in [3.63, 3.8) is 0 Å². The van der Waals surface area contributed by atoms with Crippen LogP contribution in [-0.4, -0.2) is 29.8 Å². The third kappa shape index (κ3) is 3.83. The normalized spacial score (nSPS) is 16.0. The Morgan fingerprint density at radius 1 is 1.30 bits per heavy atom. The standard InChI is InChI=1S/C16H22N2O2/c1-12-6-8-18(9-7-12)16(20)15(19)17-11-14-5-3-4-13(2)10-14/h3-5,10,12H,6-9,11H2,1-2H3,(H,17,19). The average Bonchev–Trinajstić information content (AvgIpc) is 2.45. The Hall–Kier alpha value is -1.84. The van der Waals surface area contributed by atoms with Crippen molar-refractivity contribution >= 4 is 11.8 Å². The first kappa shape index (κ1) is 14.6. The van der Waals surface area contributed by atoms with Crippen LogP contribution in [0.15, 0.2) is 24.3 Å². The monoisotopic (exact) mass is 274 g/mol. The van der Waals surface area contributed by atoms with Gasteiger partial charge in [0.25, 0.3) is 0 Å². The van der Waals surface area contributed by atoms with Crippen LogP contribution < -0.4 is 5.32 Å². The van der Waals surface area contributed by atoms with Crippen molar-refractivity contribution in [3.8, 4) is 0 Å². The first-order valence-corrected chi connectivity index (χ1v) is 7.19. The van der Waals surface area contributed by atoms with E-state index in [-0.39, 0.29) is 0 Å². The van der Waals surface area contributed by atoms with E-state index in [1.165, 1.54) is 0 Å². The number of carbonyl (C=O) groups is 2. The molecule has 4 heteroatoms. The van der Waals surface area contributed by atoms with E-state index >= 15 is 0 Å². The molecule has 4 nitrogen and oxygen atoms in total. The summed E-state index contributed by atoms with van der Waals surface area (Å²) >= 11 is 0. The highest BCUT2D eigenvalue weighted by Gasteiger charge is 2.25. The number of hydrogen-bond donors (Lipinski definition) is 1. The zero-order valence-electron chi connectivity index (χ0n) is 12.2. The molecule has 2 rings (SSSR count). The van der Waals surface area contributed by atoms with Gasteiger partial charge in [0.2, 0.25) is 0 Å². The molecule has 0 unspecified atom stereocenters. The van der Waals surface area contributed by atoms with Gasteiger partial charge in [-0.05, 0) is 31.2 Å². The SMILES string of the molecule is Cc1cccc(CNC(=O)C(=O)N2CCC(C)CC2)c1. The van der Waals surface area contributed by atoms with Crippen molar-refractivity contribution in [3.05, 3.63) is 35.4 Å². The number of nitrogens with zero attached hydrogens (tertiary/aromatic N) is 1. The van der Waals surface area contributed by atoms with Crippen LogP contribution in [0.3, 0.4) is 0 Å². The van der Waals surface area contributed by atoms with E-state index in [1.807, 2.05) is 31.2 Å². The Morgan fingerprint density at radius 3 is 2.65 bits per heavy atom. The van der Waals surface area contributed by atoms with Gasteiger partial charge in [0.05, 0.1) is 0 Å². The molecule has 1 aliphatic rings. The Bertz CT molecular complexity index is 491. The summed E-state index contributed by atoms with van der Waals surface area (Å²) in [4.78, 5) is 25.5. The van der Waals surface area contributed by atoms with Crippen LogP contribution in [-0.2, 0) is 16.1 Å². The molecule has 20 heavy (non-hydrogen) atoms. The first-order chi connectivity index (χ1) is 9.56. The molecule has 1 aromatic rings. The number of rotatable bonds is 2. The fraction of sp³-hybridized carbons (Fsp3) is 0.500. The number of carbonyl (C=O) groups excluding carboxylic acids is 2. The van der Waals surface area contributed by atoms with E-state index in [0.29, 0.717) is 25.6 Å². The molecular weight excluding hydrogens is 252 g/mol. The van der Waals surface area contributed by atoms with Crippen molar-refractivity contribution < 1.29 is 9.59 Å². The lowest BCUT2D eigenvalue weighted by Gasteiger charge is -2.29. The van der Waals surface area contributed by atoms with Crippen molar-refractivity contribution in [1.29, 1.82) is 0 Å². The number of aryl methyl sites for hydroxylation is 1. The van der Waals surface area contributed by atoms with E-state index in [1.54, 1.807) is 4.90 Å². The molecule has 1 fully saturated rings. The maximum Gasteiger partial charge on any atom is 0.311 e. The molecule has 0 saturated carbocycles. The molecule has 0 aliphatic carbocycles. The highest BCUT2D eigenvalue weighted by molar-refractivity contribution is 6.34. The Kier molecular flexibility index (Phi) is 4.77. The van der Waals surface area contributed by atoms with Crippen molar-refractivity contribution in [1.82, 2.24) is 10.2 Å². The zero-order valence-corrected chi connectivity index (χ0v) is 12.2. The predicted molar refractivity (Wildman–Crippen MR) is 78.0 cm³/mol. The lowest BCUT2D eigenvalue weighted by Crippen LogP contribution is -2.46. The van der Waals surface area contributed by atoms with Gasteiger partial charge in [0.15, 0.2) is 0 Å². The van der Waals surface area contributed by atoms with Gasteiger partial charge in [0.1, 0.15) is 0 Å². The summed E-state index contributed by atoms with van der Waals surface area (Å²) in [6.45, 7) is 5.97. The second kappa shape index (κ2) is 6.55. The molecule has 1 aromatic carbocycles. The summed E-state index contributed by atoms with van der Waals surface area (Å²) in [6, 6.07) is 7.91. The fourth-order valence-corrected chi connectivity index (χ4v) is 2.44. The van der Waals surface area contributed by atoms with Crippen LogP contribution in [0.25, 0.3) is 0 Å². The molecule has 1 aliphatic heterocycles. The van der Waals surface area contributed by atoms with Crippen LogP contribution in [0.4, 0.5) is 0 Å². The Labute approximate surface area is 120 Å². The van der Waals surface area contributed by atoms with Crippen LogP contribution in [0.2, 0.25) is 0 Å². The third-order valence-electron chi connectivity index (χ3n) is 3.80. The molecule has 0 atom stereocenters. The lowest BCUT2D eigenvalue weighted by atomic mass is 9.99. The maximum absolute atomic E-state index is 12.0. The second-order valence-electron chi connectivity index (χ2n) is 5.65. The maximum atomic E-state index is 12.0. The largest absolute Gasteiger partial charge is 0.344 e. The van der Waals surface area contributed by atoms with Crippen LogP contribution in [0.1, 0.15) is 30.9 Å². The summed E-state index contributed by atoms with van der Waals surface area (Å²) in [5.41, 5.74) is 2.16. The quantitative estimate of drug-likeness (QED) is 0.837. The van der Waals surface area contributed by atoms with Crippen molar-refractivity contribution in [2.24, 2.45) is 5.92 Å². The van der Waals surface area contributed by atoms with Gasteiger partial charge >= 0.3 is 11.8 Å². The molecule has 1 heterocycles. The molecule has 0 aromatic heterocycles. The Balaban J connectivity index is 1.84. The number of amides is 2. The molecule has 1 saturated heterocycles. The molecule has 2 amide bonds. The lowest BCUT2D eigenvalue weighted by molar-refractivity contribution is -0.146. The second-order valence-corrected chi connectivity index (χ2v) is 5.65. The molecule has 0 spiro atoms. The van der Waals surface area contributed by atoms with E-state index in [9.17, 15) is 9.59 Å². The van der Waals surface area contributed by atoms with Gasteiger partial charge in [-0.1, -0.05) is 36.8 Å². The van der Waals surface area contributed by atoms with Crippen LogP contribution >= 0.6 is 0 Å². The van der Waals surface area contributed by atoms with E-state index < -0.39 is 11.8 Å². The topological polar surface area (TPSA) is 49.4 Å². The minimum Gasteiger partial charge on any atom is -0.344 e. The minimum atomic E-state index is -0.499. The zero-order chi connectivity index (χ0) is 14.5. The number of piperidine rings is 1. The summed E-state index contributed by atoms with van der Waals surface area (Å²) in [5.74, 6) is -0.250. The molecule has 0 radical (unpaired) electrons. The van der Waals surface area contributed by atoms with Crippen molar-refractivity contribution in [2.45, 2.75) is 33.2 Å². The molecular formula is C16H22N2O2. The van der Waals surface area contributed by atoms with E-state index in [2.05, 4.69) is 12.2 Å². The third-order valence-corrected chi connectivity index (χ3v) is 3.80. The van der Waals surface area contributed by atoms with Gasteiger partial charge in [-0.15, -0.1) is 0 Å². The summed E-state index contributed by atoms with van der Waals surface area (Å²) in [6.07, 6.45) is 1.97. The van der Waals surface area contributed by atoms with Gasteiger partial charge < -0.3 is 10.2 Å². The molecule has 1 N–H and O–H groups in total. The van der Waals surface area contributed by atoms with Gasteiger partial charge in [-0.25, -0.2) is 0 Å². The fourth-order valence-electron chi connectivity index (χ4n) is 2.44. The number of likely N-dealkylation sites (tertiary alicyclic amines) is 1. The van der Waals surface area contributed by atoms with Crippen LogP contribution in [0.5, 0.6) is 0 Å². The summed E-state index contributed by atoms with van der Waals surface area (Å²) in [5, 5.41) is 2.70. The number of hydrogen-bond acceptors (Lipinski definition) is 2. The average molecular weight is 274 g/mol. The summed E-state index contributed by atoms with van der Waals surface area (Å²) in [7, 11) is 0. The highest BCUT2D eigenvalue weighted by Crippen LogP contribution is 2.15. The summed E-state index contributed by atoms with van der Waals surface area (Å²) < 4.78 is 0. The molecule has 108 valence electrons. The van der Waals surface area contributed by atoms with Crippen LogP contribution in [0, 0.1) is 12.8 Å². The molecule has 0 bridgehead atoms. The van der Waals surface area contributed by atoms with Gasteiger partial charge in [0, 0.05) is 19.6 Å². The number of nitrogens with one attached hydrogen (secondary N) is 1. The highest BCUT2D eigenvalue weighted by atomic mass is 16.2. The van der Waals surface area contributed by atoms with E-state index in [0.717, 1.165) is 24.0 Å². The predicted octanol–water partition coefficient (Wildman–Crippen LogP) is 1.87. The Morgan fingerprint density at radius 2 is 2.00 bits per heavy atom. The first-order valence-electron chi connectivity index (χ1n) is 7.19. The smallest absolute Gasteiger partial charge is 0.311 e. The van der Waals surface area contributed by atoms with Crippen molar-refractivity contribution in [2.75, 3.05) is 13.1 Å². The number of benzene rings is 1.